The van der Waals surface area contributed by atoms with Crippen LogP contribution in [0.2, 0.25) is 0 Å². The van der Waals surface area contributed by atoms with E-state index in [0.29, 0.717) is 5.56 Å². The molecule has 0 unspecified atom stereocenters. The van der Waals surface area contributed by atoms with Crippen LogP contribution in [0.3, 0.4) is 0 Å². The van der Waals surface area contributed by atoms with Gasteiger partial charge in [-0.3, -0.25) is 19.7 Å². The molecule has 0 N–H and O–H groups in total. The highest BCUT2D eigenvalue weighted by molar-refractivity contribution is 5.90. The van der Waals surface area contributed by atoms with Gasteiger partial charge in [0.05, 0.1) is 17.0 Å². The molecule has 0 heterocycles. The first-order valence-electron chi connectivity index (χ1n) is 6.19. The first kappa shape index (κ1) is 15.8. The van der Waals surface area contributed by atoms with Crippen molar-refractivity contribution in [2.45, 2.75) is 39.8 Å². The highest BCUT2D eigenvalue weighted by atomic mass is 16.6. The summed E-state index contributed by atoms with van der Waals surface area (Å²) in [6.07, 6.45) is 0. The fourth-order valence-electron chi connectivity index (χ4n) is 1.89. The molecular formula is C14H18N2O4. The van der Waals surface area contributed by atoms with Crippen molar-refractivity contribution >= 4 is 17.4 Å². The summed E-state index contributed by atoms with van der Waals surface area (Å²) in [7, 11) is 0. The molecule has 0 fully saturated rings. The fraction of sp³-hybridized carbons (Fsp3) is 0.429. The number of carbonyl (C=O) groups excluding carboxylic acids is 2. The van der Waals surface area contributed by atoms with Crippen LogP contribution in [0.1, 0.15) is 33.3 Å². The number of carbonyl (C=O) groups is 2. The van der Waals surface area contributed by atoms with E-state index in [1.54, 1.807) is 32.0 Å². The summed E-state index contributed by atoms with van der Waals surface area (Å²) in [4.78, 5) is 35.3. The van der Waals surface area contributed by atoms with Crippen LogP contribution < -0.4 is 0 Å². The van der Waals surface area contributed by atoms with Gasteiger partial charge in [0, 0.05) is 18.6 Å². The molecule has 0 aromatic heterocycles. The average Bonchev–Trinajstić information content (AvgIpc) is 2.35. The SMILES string of the molecule is CC(=O)N(Cc1ccccc1[N+](=O)[O-])C(C)(C)C(C)=O. The second kappa shape index (κ2) is 5.81. The summed E-state index contributed by atoms with van der Waals surface area (Å²) in [6, 6.07) is 6.20. The van der Waals surface area contributed by atoms with Crippen LogP contribution in [-0.4, -0.2) is 27.1 Å². The van der Waals surface area contributed by atoms with Crippen molar-refractivity contribution in [2.24, 2.45) is 0 Å². The third kappa shape index (κ3) is 3.20. The van der Waals surface area contributed by atoms with E-state index < -0.39 is 10.5 Å². The monoisotopic (exact) mass is 278 g/mol. The van der Waals surface area contributed by atoms with Crippen LogP contribution in [0.5, 0.6) is 0 Å². The number of amides is 1. The number of nitrogens with zero attached hydrogens (tertiary/aromatic N) is 2. The third-order valence-electron chi connectivity index (χ3n) is 3.43. The molecule has 0 aliphatic carbocycles. The Morgan fingerprint density at radius 3 is 2.25 bits per heavy atom. The van der Waals surface area contributed by atoms with Crippen LogP contribution in [0.4, 0.5) is 5.69 Å². The van der Waals surface area contributed by atoms with Crippen LogP contribution in [0.15, 0.2) is 24.3 Å². The third-order valence-corrected chi connectivity index (χ3v) is 3.43. The number of rotatable bonds is 5. The molecule has 108 valence electrons. The van der Waals surface area contributed by atoms with Gasteiger partial charge in [-0.05, 0) is 20.8 Å². The minimum Gasteiger partial charge on any atom is -0.326 e. The smallest absolute Gasteiger partial charge is 0.274 e. The summed E-state index contributed by atoms with van der Waals surface area (Å²) in [5.74, 6) is -0.477. The van der Waals surface area contributed by atoms with Gasteiger partial charge in [0.2, 0.25) is 5.91 Å². The molecule has 0 bridgehead atoms. The Hall–Kier alpha value is -2.24. The summed E-state index contributed by atoms with van der Waals surface area (Å²) in [5.41, 5.74) is -0.657. The predicted octanol–water partition coefficient (Wildman–Crippen LogP) is 2.31. The van der Waals surface area contributed by atoms with E-state index in [-0.39, 0.29) is 23.9 Å². The summed E-state index contributed by atoms with van der Waals surface area (Å²) in [5, 5.41) is 11.0. The molecule has 1 aromatic rings. The lowest BCUT2D eigenvalue weighted by Gasteiger charge is -2.35. The first-order valence-corrected chi connectivity index (χ1v) is 6.19. The number of benzene rings is 1. The Bertz CT molecular complexity index is 552. The Labute approximate surface area is 117 Å². The highest BCUT2D eigenvalue weighted by Crippen LogP contribution is 2.24. The summed E-state index contributed by atoms with van der Waals surface area (Å²) >= 11 is 0. The number of nitro benzene ring substituents is 1. The van der Waals surface area contributed by atoms with Crippen LogP contribution in [0, 0.1) is 10.1 Å². The normalized spacial score (nSPS) is 11.0. The van der Waals surface area contributed by atoms with Gasteiger partial charge < -0.3 is 4.90 Å². The Morgan fingerprint density at radius 2 is 1.80 bits per heavy atom. The largest absolute Gasteiger partial charge is 0.326 e. The minimum atomic E-state index is -1.00. The molecule has 20 heavy (non-hydrogen) atoms. The zero-order chi connectivity index (χ0) is 15.5. The van der Waals surface area contributed by atoms with E-state index in [1.165, 1.54) is 24.8 Å². The van der Waals surface area contributed by atoms with Crippen molar-refractivity contribution in [3.8, 4) is 0 Å². The molecule has 1 aromatic carbocycles. The van der Waals surface area contributed by atoms with E-state index in [0.717, 1.165) is 0 Å². The number of para-hydroxylation sites is 1. The standard InChI is InChI=1S/C14H18N2O4/c1-10(17)14(3,4)15(11(2)18)9-12-7-5-6-8-13(12)16(19)20/h5-8H,9H2,1-4H3. The molecule has 6 heteroatoms. The lowest BCUT2D eigenvalue weighted by molar-refractivity contribution is -0.385. The molecule has 1 rings (SSSR count). The number of Topliss-reactive ketones (excluding diaryl/α,β-unsaturated/α-hetero) is 1. The summed E-state index contributed by atoms with van der Waals surface area (Å²) in [6.45, 7) is 6.03. The van der Waals surface area contributed by atoms with Gasteiger partial charge in [-0.2, -0.15) is 0 Å². The van der Waals surface area contributed by atoms with Crippen LogP contribution in [0.25, 0.3) is 0 Å². The fourth-order valence-corrected chi connectivity index (χ4v) is 1.89. The molecular weight excluding hydrogens is 260 g/mol. The molecule has 0 atom stereocenters. The molecule has 0 radical (unpaired) electrons. The number of ketones is 1. The van der Waals surface area contributed by atoms with Gasteiger partial charge in [-0.25, -0.2) is 0 Å². The van der Waals surface area contributed by atoms with E-state index in [9.17, 15) is 19.7 Å². The topological polar surface area (TPSA) is 80.5 Å². The Morgan fingerprint density at radius 1 is 1.25 bits per heavy atom. The molecule has 0 aliphatic rings. The van der Waals surface area contributed by atoms with Crippen LogP contribution in [-0.2, 0) is 16.1 Å². The Balaban J connectivity index is 3.20. The minimum absolute atomic E-state index is 0.0269. The lowest BCUT2D eigenvalue weighted by atomic mass is 9.96. The molecule has 0 aliphatic heterocycles. The molecule has 0 spiro atoms. The van der Waals surface area contributed by atoms with E-state index in [1.807, 2.05) is 0 Å². The highest BCUT2D eigenvalue weighted by Gasteiger charge is 2.34. The van der Waals surface area contributed by atoms with Crippen molar-refractivity contribution < 1.29 is 14.5 Å². The molecule has 0 saturated heterocycles. The van der Waals surface area contributed by atoms with Crippen molar-refractivity contribution in [2.75, 3.05) is 0 Å². The average molecular weight is 278 g/mol. The van der Waals surface area contributed by atoms with E-state index >= 15 is 0 Å². The first-order chi connectivity index (χ1) is 9.17. The quantitative estimate of drug-likeness (QED) is 0.611. The number of hydrogen-bond donors (Lipinski definition) is 0. The maximum atomic E-state index is 11.8. The van der Waals surface area contributed by atoms with Gasteiger partial charge in [-0.1, -0.05) is 18.2 Å². The molecule has 1 amide bonds. The maximum Gasteiger partial charge on any atom is 0.274 e. The van der Waals surface area contributed by atoms with Crippen molar-refractivity contribution in [1.82, 2.24) is 4.90 Å². The molecule has 0 saturated carbocycles. The van der Waals surface area contributed by atoms with Gasteiger partial charge in [-0.15, -0.1) is 0 Å². The zero-order valence-electron chi connectivity index (χ0n) is 12.0. The number of nitro groups is 1. The van der Waals surface area contributed by atoms with Crippen molar-refractivity contribution in [1.29, 1.82) is 0 Å². The molecule has 6 nitrogen and oxygen atoms in total. The second-order valence-electron chi connectivity index (χ2n) is 5.11. The maximum absolute atomic E-state index is 11.8. The summed E-state index contributed by atoms with van der Waals surface area (Å²) < 4.78 is 0. The Kier molecular flexibility index (Phi) is 4.60. The van der Waals surface area contributed by atoms with Gasteiger partial charge in [0.15, 0.2) is 5.78 Å². The zero-order valence-corrected chi connectivity index (χ0v) is 12.0. The van der Waals surface area contributed by atoms with E-state index in [2.05, 4.69) is 0 Å². The van der Waals surface area contributed by atoms with Crippen LogP contribution >= 0.6 is 0 Å². The van der Waals surface area contributed by atoms with Gasteiger partial charge in [0.1, 0.15) is 0 Å². The van der Waals surface area contributed by atoms with E-state index in [4.69, 9.17) is 0 Å². The van der Waals surface area contributed by atoms with Crippen molar-refractivity contribution in [3.63, 3.8) is 0 Å². The second-order valence-corrected chi connectivity index (χ2v) is 5.11. The number of hydrogen-bond acceptors (Lipinski definition) is 4. The predicted molar refractivity (Wildman–Crippen MR) is 74.1 cm³/mol. The van der Waals surface area contributed by atoms with Gasteiger partial charge >= 0.3 is 0 Å². The van der Waals surface area contributed by atoms with Crippen molar-refractivity contribution in [3.05, 3.63) is 39.9 Å². The lowest BCUT2D eigenvalue weighted by Crippen LogP contribution is -2.51. The van der Waals surface area contributed by atoms with Gasteiger partial charge in [0.25, 0.3) is 5.69 Å².